The zero-order valence-electron chi connectivity index (χ0n) is 8.10. The van der Waals surface area contributed by atoms with E-state index >= 15 is 0 Å². The van der Waals surface area contributed by atoms with Crippen molar-refractivity contribution in [3.05, 3.63) is 58.5 Å². The van der Waals surface area contributed by atoms with E-state index in [4.69, 9.17) is 5.11 Å². The van der Waals surface area contributed by atoms with Crippen LogP contribution in [0.5, 0.6) is 0 Å². The van der Waals surface area contributed by atoms with Crippen LogP contribution in [0.2, 0.25) is 0 Å². The fourth-order valence-corrected chi connectivity index (χ4v) is 1.53. The van der Waals surface area contributed by atoms with Crippen LogP contribution in [0, 0.1) is 0 Å². The number of benzene rings is 1. The molecular formula is C12H11NO2. The minimum absolute atomic E-state index is 0.131. The third-order valence-corrected chi connectivity index (χ3v) is 2.27. The summed E-state index contributed by atoms with van der Waals surface area (Å²) in [5.74, 6) is 0. The molecule has 0 aliphatic heterocycles. The van der Waals surface area contributed by atoms with Gasteiger partial charge < -0.3 is 10.1 Å². The Balaban J connectivity index is 2.58. The van der Waals surface area contributed by atoms with Gasteiger partial charge in [0.05, 0.1) is 6.61 Å². The Kier molecular flexibility index (Phi) is 2.65. The Bertz CT molecular complexity index is 503. The van der Waals surface area contributed by atoms with Gasteiger partial charge in [0.1, 0.15) is 0 Å². The summed E-state index contributed by atoms with van der Waals surface area (Å²) in [5.41, 5.74) is 2.29. The van der Waals surface area contributed by atoms with E-state index in [0.717, 1.165) is 11.1 Å². The highest BCUT2D eigenvalue weighted by Gasteiger charge is 2.04. The summed E-state index contributed by atoms with van der Waals surface area (Å²) in [6, 6.07) is 11.1. The number of pyridine rings is 1. The first-order chi connectivity index (χ1) is 7.31. The van der Waals surface area contributed by atoms with Crippen molar-refractivity contribution in [2.45, 2.75) is 6.61 Å². The average molecular weight is 201 g/mol. The molecule has 76 valence electrons. The fourth-order valence-electron chi connectivity index (χ4n) is 1.53. The van der Waals surface area contributed by atoms with E-state index in [0.29, 0.717) is 5.56 Å². The summed E-state index contributed by atoms with van der Waals surface area (Å²) >= 11 is 0. The molecule has 0 radical (unpaired) electrons. The van der Waals surface area contributed by atoms with E-state index in [-0.39, 0.29) is 12.2 Å². The van der Waals surface area contributed by atoms with Crippen molar-refractivity contribution in [1.29, 1.82) is 0 Å². The molecule has 2 N–H and O–H groups in total. The third kappa shape index (κ3) is 1.97. The topological polar surface area (TPSA) is 53.1 Å². The number of hydrogen-bond donors (Lipinski definition) is 2. The molecule has 0 unspecified atom stereocenters. The summed E-state index contributed by atoms with van der Waals surface area (Å²) in [4.78, 5) is 13.7. The van der Waals surface area contributed by atoms with Crippen molar-refractivity contribution in [3.8, 4) is 11.1 Å². The quantitative estimate of drug-likeness (QED) is 0.774. The molecule has 1 aromatic carbocycles. The lowest BCUT2D eigenvalue weighted by Crippen LogP contribution is -2.06. The van der Waals surface area contributed by atoms with Crippen molar-refractivity contribution in [2.24, 2.45) is 0 Å². The lowest BCUT2D eigenvalue weighted by molar-refractivity contribution is 0.282. The molecular weight excluding hydrogens is 190 g/mol. The number of aromatic nitrogens is 1. The number of aromatic amines is 1. The number of nitrogens with one attached hydrogen (secondary N) is 1. The van der Waals surface area contributed by atoms with Crippen molar-refractivity contribution < 1.29 is 5.11 Å². The van der Waals surface area contributed by atoms with Crippen LogP contribution < -0.4 is 5.56 Å². The van der Waals surface area contributed by atoms with Gasteiger partial charge in [-0.25, -0.2) is 0 Å². The Hall–Kier alpha value is -1.87. The highest BCUT2D eigenvalue weighted by atomic mass is 16.3. The molecule has 0 saturated carbocycles. The largest absolute Gasteiger partial charge is 0.392 e. The van der Waals surface area contributed by atoms with Crippen molar-refractivity contribution in [3.63, 3.8) is 0 Å². The summed E-state index contributed by atoms with van der Waals surface area (Å²) in [6.07, 6.45) is 1.63. The highest BCUT2D eigenvalue weighted by molar-refractivity contribution is 5.65. The monoisotopic (exact) mass is 201 g/mol. The molecule has 3 heteroatoms. The first-order valence-electron chi connectivity index (χ1n) is 4.69. The van der Waals surface area contributed by atoms with E-state index in [1.807, 2.05) is 30.3 Å². The van der Waals surface area contributed by atoms with Crippen molar-refractivity contribution in [2.75, 3.05) is 0 Å². The first kappa shape index (κ1) is 9.68. The van der Waals surface area contributed by atoms with Gasteiger partial charge >= 0.3 is 0 Å². The second kappa shape index (κ2) is 4.11. The second-order valence-corrected chi connectivity index (χ2v) is 3.26. The van der Waals surface area contributed by atoms with Crippen LogP contribution in [0.15, 0.2) is 47.4 Å². The molecule has 1 aromatic heterocycles. The van der Waals surface area contributed by atoms with E-state index in [2.05, 4.69) is 4.98 Å². The van der Waals surface area contributed by atoms with Crippen LogP contribution in [0.1, 0.15) is 5.56 Å². The number of rotatable bonds is 2. The van der Waals surface area contributed by atoms with Gasteiger partial charge in [-0.15, -0.1) is 0 Å². The van der Waals surface area contributed by atoms with Gasteiger partial charge in [0.25, 0.3) is 0 Å². The molecule has 0 spiro atoms. The Morgan fingerprint density at radius 2 is 1.93 bits per heavy atom. The molecule has 2 rings (SSSR count). The molecule has 3 nitrogen and oxygen atoms in total. The number of aliphatic hydroxyl groups is 1. The SMILES string of the molecule is O=c1cc(CO)c(-c2ccccc2)c[nH]1. The van der Waals surface area contributed by atoms with Crippen molar-refractivity contribution in [1.82, 2.24) is 4.98 Å². The molecule has 0 bridgehead atoms. The van der Waals surface area contributed by atoms with Crippen LogP contribution in [-0.2, 0) is 6.61 Å². The molecule has 0 aliphatic carbocycles. The normalized spacial score (nSPS) is 10.2. The van der Waals surface area contributed by atoms with E-state index in [9.17, 15) is 4.79 Å². The molecule has 15 heavy (non-hydrogen) atoms. The van der Waals surface area contributed by atoms with Crippen LogP contribution in [0.3, 0.4) is 0 Å². The molecule has 0 amide bonds. The summed E-state index contributed by atoms with van der Waals surface area (Å²) in [7, 11) is 0. The summed E-state index contributed by atoms with van der Waals surface area (Å²) in [6.45, 7) is -0.131. The van der Waals surface area contributed by atoms with E-state index in [1.54, 1.807) is 6.20 Å². The minimum atomic E-state index is -0.196. The predicted molar refractivity (Wildman–Crippen MR) is 58.4 cm³/mol. The maximum absolute atomic E-state index is 11.1. The maximum Gasteiger partial charge on any atom is 0.248 e. The van der Waals surface area contributed by atoms with Gasteiger partial charge in [0, 0.05) is 17.8 Å². The zero-order chi connectivity index (χ0) is 10.7. The zero-order valence-corrected chi connectivity index (χ0v) is 8.10. The predicted octanol–water partition coefficient (Wildman–Crippen LogP) is 1.53. The molecule has 0 aliphatic rings. The first-order valence-corrected chi connectivity index (χ1v) is 4.69. The highest BCUT2D eigenvalue weighted by Crippen LogP contribution is 2.20. The lowest BCUT2D eigenvalue weighted by Gasteiger charge is -2.05. The summed E-state index contributed by atoms with van der Waals surface area (Å²) in [5, 5.41) is 9.15. The molecule has 0 atom stereocenters. The van der Waals surface area contributed by atoms with Crippen molar-refractivity contribution >= 4 is 0 Å². The van der Waals surface area contributed by atoms with Gasteiger partial charge in [-0.05, 0) is 11.1 Å². The minimum Gasteiger partial charge on any atom is -0.392 e. The molecule has 0 fully saturated rings. The van der Waals surface area contributed by atoms with Crippen LogP contribution in [-0.4, -0.2) is 10.1 Å². The maximum atomic E-state index is 11.1. The summed E-state index contributed by atoms with van der Waals surface area (Å²) < 4.78 is 0. The number of hydrogen-bond acceptors (Lipinski definition) is 2. The molecule has 2 aromatic rings. The van der Waals surface area contributed by atoms with Gasteiger partial charge in [-0.2, -0.15) is 0 Å². The molecule has 0 saturated heterocycles. The average Bonchev–Trinajstić information content (AvgIpc) is 2.30. The Morgan fingerprint density at radius 3 is 2.60 bits per heavy atom. The number of aliphatic hydroxyl groups excluding tert-OH is 1. The molecule has 1 heterocycles. The van der Waals surface area contributed by atoms with Gasteiger partial charge in [0.2, 0.25) is 5.56 Å². The van der Waals surface area contributed by atoms with Crippen LogP contribution >= 0.6 is 0 Å². The smallest absolute Gasteiger partial charge is 0.248 e. The van der Waals surface area contributed by atoms with E-state index in [1.165, 1.54) is 6.07 Å². The fraction of sp³-hybridized carbons (Fsp3) is 0.0833. The Morgan fingerprint density at radius 1 is 1.20 bits per heavy atom. The van der Waals surface area contributed by atoms with Crippen LogP contribution in [0.4, 0.5) is 0 Å². The van der Waals surface area contributed by atoms with Gasteiger partial charge in [-0.1, -0.05) is 30.3 Å². The number of H-pyrrole nitrogens is 1. The van der Waals surface area contributed by atoms with E-state index < -0.39 is 0 Å². The van der Waals surface area contributed by atoms with Gasteiger partial charge in [-0.3, -0.25) is 4.79 Å². The second-order valence-electron chi connectivity index (χ2n) is 3.26. The third-order valence-electron chi connectivity index (χ3n) is 2.27. The standard InChI is InChI=1S/C12H11NO2/c14-8-10-6-12(15)13-7-11(10)9-4-2-1-3-5-9/h1-7,14H,8H2,(H,13,15). The lowest BCUT2D eigenvalue weighted by atomic mass is 10.0. The van der Waals surface area contributed by atoms with Gasteiger partial charge in [0.15, 0.2) is 0 Å². The Labute approximate surface area is 87.0 Å². The van der Waals surface area contributed by atoms with Crippen LogP contribution in [0.25, 0.3) is 11.1 Å².